The van der Waals surface area contributed by atoms with Crippen molar-refractivity contribution in [3.05, 3.63) is 28.8 Å². The van der Waals surface area contributed by atoms with E-state index in [1.807, 2.05) is 6.92 Å². The van der Waals surface area contributed by atoms with E-state index in [9.17, 15) is 14.7 Å². The molecule has 16 heavy (non-hydrogen) atoms. The third kappa shape index (κ3) is 2.82. The summed E-state index contributed by atoms with van der Waals surface area (Å²) in [4.78, 5) is 22.2. The number of aromatic hydroxyl groups is 1. The van der Waals surface area contributed by atoms with Crippen LogP contribution in [0.4, 0.5) is 0 Å². The normalized spacial score (nSPS) is 9.94. The van der Waals surface area contributed by atoms with Crippen molar-refractivity contribution in [2.24, 2.45) is 0 Å². The molecule has 4 heteroatoms. The van der Waals surface area contributed by atoms with Crippen LogP contribution >= 0.6 is 0 Å². The Labute approximate surface area is 93.9 Å². The Balaban J connectivity index is 2.95. The summed E-state index contributed by atoms with van der Waals surface area (Å²) in [5.74, 6) is -0.988. The van der Waals surface area contributed by atoms with Gasteiger partial charge in [-0.2, -0.15) is 0 Å². The van der Waals surface area contributed by atoms with Gasteiger partial charge in [0.2, 0.25) is 5.78 Å². The number of phenols is 1. The first kappa shape index (κ1) is 12.2. The molecule has 0 bridgehead atoms. The zero-order chi connectivity index (χ0) is 12.3. The van der Waals surface area contributed by atoms with Crippen LogP contribution in [0.5, 0.6) is 5.75 Å². The minimum atomic E-state index is -0.516. The number of aryl methyl sites for hydroxylation is 2. The number of rotatable bonds is 3. The second kappa shape index (κ2) is 4.79. The minimum absolute atomic E-state index is 0.0744. The summed E-state index contributed by atoms with van der Waals surface area (Å²) in [5, 5.41) is 9.65. The molecular weight excluding hydrogens is 208 g/mol. The number of ketones is 1. The van der Waals surface area contributed by atoms with Crippen molar-refractivity contribution in [3.63, 3.8) is 0 Å². The Bertz CT molecular complexity index is 412. The number of hydrogen-bond donors (Lipinski definition) is 1. The Morgan fingerprint density at radius 2 is 1.94 bits per heavy atom. The summed E-state index contributed by atoms with van der Waals surface area (Å²) in [6, 6.07) is 3.30. The second-order valence-electron chi connectivity index (χ2n) is 3.68. The first-order valence-corrected chi connectivity index (χ1v) is 4.88. The predicted molar refractivity (Wildman–Crippen MR) is 58.5 cm³/mol. The quantitative estimate of drug-likeness (QED) is 0.625. The second-order valence-corrected chi connectivity index (χ2v) is 3.68. The van der Waals surface area contributed by atoms with E-state index in [0.717, 1.165) is 5.56 Å². The molecule has 0 aliphatic rings. The summed E-state index contributed by atoms with van der Waals surface area (Å²) in [6.07, 6.45) is 0. The Morgan fingerprint density at radius 3 is 2.44 bits per heavy atom. The number of hydrogen-bond acceptors (Lipinski definition) is 4. The molecule has 0 atom stereocenters. The molecule has 4 nitrogen and oxygen atoms in total. The minimum Gasteiger partial charge on any atom is -0.507 e. The first-order chi connectivity index (χ1) is 7.41. The van der Waals surface area contributed by atoms with Crippen LogP contribution in [-0.4, -0.2) is 23.5 Å². The average molecular weight is 222 g/mol. The number of carbonyl (C=O) groups excluding carboxylic acids is 2. The molecule has 86 valence electrons. The van der Waals surface area contributed by atoms with Gasteiger partial charge in [-0.3, -0.25) is 9.59 Å². The van der Waals surface area contributed by atoms with Crippen LogP contribution in [0.3, 0.4) is 0 Å². The maximum absolute atomic E-state index is 11.7. The zero-order valence-electron chi connectivity index (χ0n) is 9.53. The molecule has 0 amide bonds. The highest BCUT2D eigenvalue weighted by Gasteiger charge is 2.15. The van der Waals surface area contributed by atoms with E-state index in [4.69, 9.17) is 0 Å². The van der Waals surface area contributed by atoms with Gasteiger partial charge in [-0.15, -0.1) is 0 Å². The van der Waals surface area contributed by atoms with Crippen molar-refractivity contribution in [3.8, 4) is 5.75 Å². The van der Waals surface area contributed by atoms with Crippen LogP contribution in [0, 0.1) is 13.8 Å². The molecule has 0 aliphatic carbocycles. The van der Waals surface area contributed by atoms with Crippen LogP contribution in [0.25, 0.3) is 0 Å². The maximum atomic E-state index is 11.7. The summed E-state index contributed by atoms with van der Waals surface area (Å²) in [5.41, 5.74) is 1.76. The lowest BCUT2D eigenvalue weighted by Crippen LogP contribution is -2.13. The number of phenolic OH excluding ortho intramolecular Hbond substituents is 1. The Kier molecular flexibility index (Phi) is 3.66. The molecule has 0 unspecified atom stereocenters. The van der Waals surface area contributed by atoms with Gasteiger partial charge in [0.05, 0.1) is 5.56 Å². The highest BCUT2D eigenvalue weighted by Crippen LogP contribution is 2.23. The van der Waals surface area contributed by atoms with Crippen molar-refractivity contribution in [2.75, 3.05) is 6.61 Å². The van der Waals surface area contributed by atoms with E-state index in [2.05, 4.69) is 4.74 Å². The fraction of sp³-hybridized carbons (Fsp3) is 0.333. The van der Waals surface area contributed by atoms with Crippen molar-refractivity contribution in [1.82, 2.24) is 0 Å². The van der Waals surface area contributed by atoms with Gasteiger partial charge < -0.3 is 9.84 Å². The highest BCUT2D eigenvalue weighted by atomic mass is 16.5. The van der Waals surface area contributed by atoms with Gasteiger partial charge in [-0.25, -0.2) is 0 Å². The fourth-order valence-corrected chi connectivity index (χ4v) is 1.55. The summed E-state index contributed by atoms with van der Waals surface area (Å²) >= 11 is 0. The molecule has 0 heterocycles. The van der Waals surface area contributed by atoms with Crippen LogP contribution in [0.15, 0.2) is 12.1 Å². The Morgan fingerprint density at radius 1 is 1.31 bits per heavy atom. The largest absolute Gasteiger partial charge is 0.507 e. The zero-order valence-corrected chi connectivity index (χ0v) is 9.53. The standard InChI is InChI=1S/C12H14O4/c1-7-4-8(2)12(10(14)5-7)11(15)6-16-9(3)13/h4-5,14H,6H2,1-3H3. The van der Waals surface area contributed by atoms with Crippen molar-refractivity contribution in [2.45, 2.75) is 20.8 Å². The third-order valence-electron chi connectivity index (χ3n) is 2.14. The fourth-order valence-electron chi connectivity index (χ4n) is 1.55. The number of carbonyl (C=O) groups is 2. The highest BCUT2D eigenvalue weighted by molar-refractivity contribution is 6.01. The number of esters is 1. The van der Waals surface area contributed by atoms with E-state index in [-0.39, 0.29) is 17.9 Å². The number of ether oxygens (including phenoxy) is 1. The lowest BCUT2D eigenvalue weighted by Gasteiger charge is -2.08. The molecule has 0 aromatic heterocycles. The van der Waals surface area contributed by atoms with Gasteiger partial charge in [-0.05, 0) is 31.0 Å². The van der Waals surface area contributed by atoms with Gasteiger partial charge in [-0.1, -0.05) is 6.07 Å². The summed E-state index contributed by atoms with van der Waals surface area (Å²) in [6.45, 7) is 4.45. The van der Waals surface area contributed by atoms with Gasteiger partial charge in [0.25, 0.3) is 0 Å². The number of Topliss-reactive ketones (excluding diaryl/α,β-unsaturated/α-hetero) is 1. The molecule has 1 N–H and O–H groups in total. The van der Waals surface area contributed by atoms with E-state index in [1.54, 1.807) is 13.0 Å². The van der Waals surface area contributed by atoms with E-state index >= 15 is 0 Å². The molecule has 0 saturated carbocycles. The molecule has 0 radical (unpaired) electrons. The summed E-state index contributed by atoms with van der Waals surface area (Å²) in [7, 11) is 0. The van der Waals surface area contributed by atoms with Crippen LogP contribution in [-0.2, 0) is 9.53 Å². The van der Waals surface area contributed by atoms with Crippen molar-refractivity contribution < 1.29 is 19.4 Å². The van der Waals surface area contributed by atoms with Gasteiger partial charge in [0, 0.05) is 6.92 Å². The molecule has 0 fully saturated rings. The number of benzene rings is 1. The van der Waals surface area contributed by atoms with E-state index in [1.165, 1.54) is 13.0 Å². The molecule has 1 aromatic rings. The van der Waals surface area contributed by atoms with Crippen LogP contribution < -0.4 is 0 Å². The molecule has 0 aliphatic heterocycles. The van der Waals surface area contributed by atoms with Crippen molar-refractivity contribution >= 4 is 11.8 Å². The molecule has 1 aromatic carbocycles. The SMILES string of the molecule is CC(=O)OCC(=O)c1c(C)cc(C)cc1O. The van der Waals surface area contributed by atoms with Gasteiger partial charge in [0.15, 0.2) is 6.61 Å². The van der Waals surface area contributed by atoms with E-state index < -0.39 is 11.8 Å². The smallest absolute Gasteiger partial charge is 0.303 e. The lowest BCUT2D eigenvalue weighted by molar-refractivity contribution is -0.139. The predicted octanol–water partition coefficient (Wildman–Crippen LogP) is 1.75. The molecular formula is C12H14O4. The van der Waals surface area contributed by atoms with Crippen LogP contribution in [0.2, 0.25) is 0 Å². The van der Waals surface area contributed by atoms with Crippen LogP contribution in [0.1, 0.15) is 28.4 Å². The molecule has 0 saturated heterocycles. The summed E-state index contributed by atoms with van der Waals surface area (Å²) < 4.78 is 4.60. The van der Waals surface area contributed by atoms with E-state index in [0.29, 0.717) is 5.56 Å². The topological polar surface area (TPSA) is 63.6 Å². The molecule has 1 rings (SSSR count). The monoisotopic (exact) mass is 222 g/mol. The van der Waals surface area contributed by atoms with Gasteiger partial charge in [0.1, 0.15) is 5.75 Å². The lowest BCUT2D eigenvalue weighted by atomic mass is 10.0. The maximum Gasteiger partial charge on any atom is 0.303 e. The van der Waals surface area contributed by atoms with Crippen molar-refractivity contribution in [1.29, 1.82) is 0 Å². The van der Waals surface area contributed by atoms with Gasteiger partial charge >= 0.3 is 5.97 Å². The molecule has 0 spiro atoms. The first-order valence-electron chi connectivity index (χ1n) is 4.88. The average Bonchev–Trinajstić information content (AvgIpc) is 2.12. The third-order valence-corrected chi connectivity index (χ3v) is 2.14. The Hall–Kier alpha value is -1.84.